The lowest BCUT2D eigenvalue weighted by atomic mass is 10.1. The number of fused-ring (bicyclic) bond motifs is 1. The minimum absolute atomic E-state index is 0.241. The van der Waals surface area contributed by atoms with Gasteiger partial charge in [-0.2, -0.15) is 0 Å². The Morgan fingerprint density at radius 1 is 0.889 bits per heavy atom. The number of benzene rings is 2. The summed E-state index contributed by atoms with van der Waals surface area (Å²) in [6, 6.07) is 14.9. The maximum Gasteiger partial charge on any atom is 0.274 e. The highest BCUT2D eigenvalue weighted by Gasteiger charge is 2.13. The molecule has 6 heteroatoms. The van der Waals surface area contributed by atoms with Crippen LogP contribution in [0.5, 0.6) is 11.5 Å². The molecule has 136 valence electrons. The van der Waals surface area contributed by atoms with E-state index in [1.165, 1.54) is 5.56 Å². The van der Waals surface area contributed by atoms with E-state index >= 15 is 0 Å². The zero-order valence-electron chi connectivity index (χ0n) is 15.1. The number of anilines is 3. The fourth-order valence-corrected chi connectivity index (χ4v) is 2.76. The third-order valence-corrected chi connectivity index (χ3v) is 4.42. The average molecular weight is 361 g/mol. The summed E-state index contributed by atoms with van der Waals surface area (Å²) >= 11 is 0. The lowest BCUT2D eigenvalue weighted by Gasteiger charge is -2.09. The highest BCUT2D eigenvalue weighted by molar-refractivity contribution is 6.03. The van der Waals surface area contributed by atoms with E-state index < -0.39 is 0 Å². The first-order valence-electron chi connectivity index (χ1n) is 8.60. The second kappa shape index (κ2) is 6.99. The van der Waals surface area contributed by atoms with Gasteiger partial charge in [0, 0.05) is 17.4 Å². The molecular formula is C21H19N3O3. The monoisotopic (exact) mass is 361 g/mol. The van der Waals surface area contributed by atoms with Crippen LogP contribution in [0.1, 0.15) is 21.6 Å². The van der Waals surface area contributed by atoms with Crippen LogP contribution in [0.15, 0.2) is 54.7 Å². The summed E-state index contributed by atoms with van der Waals surface area (Å²) in [7, 11) is 0. The number of rotatable bonds is 4. The number of carbonyl (C=O) groups is 1. The molecule has 1 aliphatic heterocycles. The normalized spacial score (nSPS) is 11.9. The minimum atomic E-state index is -0.243. The number of ether oxygens (including phenoxy) is 2. The Labute approximate surface area is 157 Å². The fraction of sp³-hybridized carbons (Fsp3) is 0.143. The van der Waals surface area contributed by atoms with Gasteiger partial charge in [-0.05, 0) is 61.4 Å². The van der Waals surface area contributed by atoms with Crippen LogP contribution in [0.25, 0.3) is 0 Å². The van der Waals surface area contributed by atoms with Gasteiger partial charge in [0.25, 0.3) is 5.91 Å². The number of aromatic nitrogens is 1. The summed E-state index contributed by atoms with van der Waals surface area (Å²) in [4.78, 5) is 16.6. The molecule has 0 bridgehead atoms. The minimum Gasteiger partial charge on any atom is -0.454 e. The molecule has 0 spiro atoms. The maximum atomic E-state index is 12.4. The number of hydrogen-bond acceptors (Lipinski definition) is 5. The van der Waals surface area contributed by atoms with Crippen LogP contribution in [0, 0.1) is 13.8 Å². The first kappa shape index (κ1) is 16.9. The van der Waals surface area contributed by atoms with E-state index in [2.05, 4.69) is 15.6 Å². The van der Waals surface area contributed by atoms with Gasteiger partial charge < -0.3 is 20.1 Å². The van der Waals surface area contributed by atoms with Gasteiger partial charge >= 0.3 is 0 Å². The molecule has 4 rings (SSSR count). The molecule has 6 nitrogen and oxygen atoms in total. The zero-order chi connectivity index (χ0) is 18.8. The number of nitrogens with one attached hydrogen (secondary N) is 2. The molecule has 27 heavy (non-hydrogen) atoms. The SMILES string of the molecule is Cc1ccc(NC(=O)c2ccc(Nc3ccc4c(c3)OCO4)cn2)cc1C. The Morgan fingerprint density at radius 3 is 2.44 bits per heavy atom. The first-order valence-corrected chi connectivity index (χ1v) is 8.60. The van der Waals surface area contributed by atoms with Crippen molar-refractivity contribution in [1.29, 1.82) is 0 Å². The molecule has 0 saturated carbocycles. The van der Waals surface area contributed by atoms with Crippen molar-refractivity contribution >= 4 is 23.0 Å². The Kier molecular flexibility index (Phi) is 4.38. The predicted octanol–water partition coefficient (Wildman–Crippen LogP) is 4.42. The van der Waals surface area contributed by atoms with E-state index in [1.54, 1.807) is 12.3 Å². The molecule has 2 heterocycles. The second-order valence-electron chi connectivity index (χ2n) is 6.38. The summed E-state index contributed by atoms with van der Waals surface area (Å²) in [6.07, 6.45) is 1.62. The standard InChI is InChI=1S/C21H19N3O3/c1-13-3-4-15(9-14(13)2)24-21(25)18-7-5-17(11-22-18)23-16-6-8-19-20(10-16)27-12-26-19/h3-11,23H,12H2,1-2H3,(H,24,25). The molecule has 0 radical (unpaired) electrons. The number of carbonyl (C=O) groups excluding carboxylic acids is 1. The summed E-state index contributed by atoms with van der Waals surface area (Å²) in [6.45, 7) is 4.29. The van der Waals surface area contributed by atoms with Crippen molar-refractivity contribution in [3.8, 4) is 11.5 Å². The number of amides is 1. The maximum absolute atomic E-state index is 12.4. The molecule has 0 unspecified atom stereocenters. The highest BCUT2D eigenvalue weighted by Crippen LogP contribution is 2.35. The number of aryl methyl sites for hydroxylation is 2. The van der Waals surface area contributed by atoms with Crippen molar-refractivity contribution in [3.05, 3.63) is 71.5 Å². The van der Waals surface area contributed by atoms with Crippen molar-refractivity contribution in [2.45, 2.75) is 13.8 Å². The van der Waals surface area contributed by atoms with E-state index in [-0.39, 0.29) is 12.7 Å². The average Bonchev–Trinajstić information content (AvgIpc) is 3.13. The van der Waals surface area contributed by atoms with E-state index in [0.717, 1.165) is 28.4 Å². The number of pyridine rings is 1. The van der Waals surface area contributed by atoms with Gasteiger partial charge in [-0.3, -0.25) is 4.79 Å². The van der Waals surface area contributed by atoms with Crippen LogP contribution in [0.3, 0.4) is 0 Å². The fourth-order valence-electron chi connectivity index (χ4n) is 2.76. The highest BCUT2D eigenvalue weighted by atomic mass is 16.7. The van der Waals surface area contributed by atoms with Gasteiger partial charge in [-0.1, -0.05) is 6.07 Å². The lowest BCUT2D eigenvalue weighted by Crippen LogP contribution is -2.13. The second-order valence-corrected chi connectivity index (χ2v) is 6.38. The topological polar surface area (TPSA) is 72.5 Å². The molecule has 3 aromatic rings. The molecule has 1 aromatic heterocycles. The largest absolute Gasteiger partial charge is 0.454 e. The first-order chi connectivity index (χ1) is 13.1. The van der Waals surface area contributed by atoms with Crippen molar-refractivity contribution in [2.75, 3.05) is 17.4 Å². The van der Waals surface area contributed by atoms with Crippen molar-refractivity contribution < 1.29 is 14.3 Å². The van der Waals surface area contributed by atoms with E-state index in [1.807, 2.05) is 56.3 Å². The molecular weight excluding hydrogens is 342 g/mol. The lowest BCUT2D eigenvalue weighted by molar-refractivity contribution is 0.102. The van der Waals surface area contributed by atoms with Gasteiger partial charge in [0.2, 0.25) is 6.79 Å². The quantitative estimate of drug-likeness (QED) is 0.719. The Bertz CT molecular complexity index is 1000. The Balaban J connectivity index is 1.43. The summed E-state index contributed by atoms with van der Waals surface area (Å²) in [5, 5.41) is 6.10. The van der Waals surface area contributed by atoms with Gasteiger partial charge in [-0.25, -0.2) is 4.98 Å². The summed E-state index contributed by atoms with van der Waals surface area (Å²) in [5.41, 5.74) is 5.05. The molecule has 0 fully saturated rings. The van der Waals surface area contributed by atoms with Crippen LogP contribution in [0.4, 0.5) is 17.1 Å². The molecule has 0 atom stereocenters. The van der Waals surface area contributed by atoms with Gasteiger partial charge in [0.15, 0.2) is 11.5 Å². The van der Waals surface area contributed by atoms with E-state index in [9.17, 15) is 4.79 Å². The number of hydrogen-bond donors (Lipinski definition) is 2. The van der Waals surface area contributed by atoms with E-state index in [4.69, 9.17) is 9.47 Å². The summed E-state index contributed by atoms with van der Waals surface area (Å²) in [5.74, 6) is 1.20. The predicted molar refractivity (Wildman–Crippen MR) is 104 cm³/mol. The van der Waals surface area contributed by atoms with Crippen molar-refractivity contribution in [1.82, 2.24) is 4.98 Å². The molecule has 2 N–H and O–H groups in total. The summed E-state index contributed by atoms with van der Waals surface area (Å²) < 4.78 is 10.7. The smallest absolute Gasteiger partial charge is 0.274 e. The van der Waals surface area contributed by atoms with Gasteiger partial charge in [0.05, 0.1) is 11.9 Å². The van der Waals surface area contributed by atoms with Crippen LogP contribution in [-0.4, -0.2) is 17.7 Å². The van der Waals surface area contributed by atoms with Crippen molar-refractivity contribution in [3.63, 3.8) is 0 Å². The zero-order valence-corrected chi connectivity index (χ0v) is 15.1. The van der Waals surface area contributed by atoms with Crippen molar-refractivity contribution in [2.24, 2.45) is 0 Å². The molecule has 1 amide bonds. The Morgan fingerprint density at radius 2 is 1.67 bits per heavy atom. The number of nitrogens with zero attached hydrogens (tertiary/aromatic N) is 1. The Hall–Kier alpha value is -3.54. The van der Waals surface area contributed by atoms with Crippen LogP contribution in [0.2, 0.25) is 0 Å². The van der Waals surface area contributed by atoms with Crippen LogP contribution < -0.4 is 20.1 Å². The molecule has 0 aliphatic carbocycles. The molecule has 2 aromatic carbocycles. The third-order valence-electron chi connectivity index (χ3n) is 4.42. The van der Waals surface area contributed by atoms with Crippen LogP contribution >= 0.6 is 0 Å². The van der Waals surface area contributed by atoms with Crippen LogP contribution in [-0.2, 0) is 0 Å². The van der Waals surface area contributed by atoms with E-state index in [0.29, 0.717) is 11.4 Å². The van der Waals surface area contributed by atoms with Gasteiger partial charge in [0.1, 0.15) is 5.69 Å². The third kappa shape index (κ3) is 3.69. The molecule has 0 saturated heterocycles. The molecule has 1 aliphatic rings. The van der Waals surface area contributed by atoms with Gasteiger partial charge in [-0.15, -0.1) is 0 Å².